The van der Waals surface area contributed by atoms with Crippen molar-refractivity contribution in [3.63, 3.8) is 0 Å². The van der Waals surface area contributed by atoms with E-state index in [0.717, 1.165) is 32.1 Å². The van der Waals surface area contributed by atoms with Crippen LogP contribution in [0.25, 0.3) is 0 Å². The second kappa shape index (κ2) is 8.08. The van der Waals surface area contributed by atoms with Crippen LogP contribution in [-0.2, 0) is 14.6 Å². The summed E-state index contributed by atoms with van der Waals surface area (Å²) in [5.74, 6) is 1.09. The van der Waals surface area contributed by atoms with Crippen molar-refractivity contribution in [3.8, 4) is 0 Å². The van der Waals surface area contributed by atoms with Crippen LogP contribution in [0.5, 0.6) is 0 Å². The molecule has 130 valence electrons. The van der Waals surface area contributed by atoms with E-state index < -0.39 is 9.84 Å². The van der Waals surface area contributed by atoms with Crippen LogP contribution >= 0.6 is 0 Å². The Kier molecular flexibility index (Phi) is 6.68. The number of likely N-dealkylation sites (tertiary alicyclic amines) is 1. The van der Waals surface area contributed by atoms with Crippen LogP contribution in [0.3, 0.4) is 0 Å². The Morgan fingerprint density at radius 1 is 1.00 bits per heavy atom. The first kappa shape index (κ1) is 18.2. The van der Waals surface area contributed by atoms with E-state index in [-0.39, 0.29) is 0 Å². The summed E-state index contributed by atoms with van der Waals surface area (Å²) in [5.41, 5.74) is 0. The zero-order chi connectivity index (χ0) is 16.2. The minimum Gasteiger partial charge on any atom is -0.373 e. The lowest BCUT2D eigenvalue weighted by Crippen LogP contribution is -2.46. The smallest absolute Gasteiger partial charge is 0.148 e. The highest BCUT2D eigenvalue weighted by Gasteiger charge is 2.24. The van der Waals surface area contributed by atoms with E-state index in [9.17, 15) is 8.42 Å². The summed E-state index contributed by atoms with van der Waals surface area (Å²) in [7, 11) is -2.83. The second-order valence-corrected chi connectivity index (χ2v) is 9.48. The Morgan fingerprint density at radius 2 is 1.59 bits per heavy atom. The number of hydrogen-bond acceptors (Lipinski definition) is 5. The molecule has 2 heterocycles. The molecule has 0 bridgehead atoms. The summed E-state index contributed by atoms with van der Waals surface area (Å²) in [6, 6.07) is 0. The molecule has 0 aromatic rings. The van der Waals surface area contributed by atoms with Gasteiger partial charge in [-0.2, -0.15) is 0 Å². The third-order valence-electron chi connectivity index (χ3n) is 4.83. The lowest BCUT2D eigenvalue weighted by atomic mass is 9.93. The third kappa shape index (κ3) is 6.52. The van der Waals surface area contributed by atoms with Gasteiger partial charge in [0.25, 0.3) is 0 Å². The van der Waals surface area contributed by atoms with Gasteiger partial charge in [-0.1, -0.05) is 0 Å². The Morgan fingerprint density at radius 3 is 2.14 bits per heavy atom. The maximum absolute atomic E-state index is 11.2. The molecule has 0 aromatic carbocycles. The van der Waals surface area contributed by atoms with E-state index in [1.54, 1.807) is 0 Å². The minimum atomic E-state index is -2.83. The standard InChI is InChI=1S/C16H32N2O3S/c1-14-12-18(13-15(2)21-14)9-6-16-4-7-17(8-5-16)10-11-22(3,19)20/h14-16H,4-13H2,1-3H3/t14-,15+. The topological polar surface area (TPSA) is 49.9 Å². The van der Waals surface area contributed by atoms with Gasteiger partial charge >= 0.3 is 0 Å². The molecule has 0 spiro atoms. The van der Waals surface area contributed by atoms with Crippen LogP contribution < -0.4 is 0 Å². The Labute approximate surface area is 135 Å². The molecule has 0 saturated carbocycles. The quantitative estimate of drug-likeness (QED) is 0.732. The molecule has 0 N–H and O–H groups in total. The van der Waals surface area contributed by atoms with Gasteiger partial charge in [-0.15, -0.1) is 0 Å². The molecule has 6 heteroatoms. The van der Waals surface area contributed by atoms with Gasteiger partial charge < -0.3 is 9.64 Å². The van der Waals surface area contributed by atoms with Gasteiger partial charge in [0.15, 0.2) is 0 Å². The van der Waals surface area contributed by atoms with Crippen molar-refractivity contribution in [2.24, 2.45) is 5.92 Å². The number of nitrogens with zero attached hydrogens (tertiary/aromatic N) is 2. The number of sulfone groups is 1. The van der Waals surface area contributed by atoms with Gasteiger partial charge in [0.1, 0.15) is 9.84 Å². The van der Waals surface area contributed by atoms with Gasteiger partial charge in [-0.3, -0.25) is 4.90 Å². The zero-order valence-corrected chi connectivity index (χ0v) is 15.1. The summed E-state index contributed by atoms with van der Waals surface area (Å²) in [5, 5.41) is 0. The maximum atomic E-state index is 11.2. The molecule has 2 saturated heterocycles. The number of morpholine rings is 1. The average molecular weight is 333 g/mol. The fraction of sp³-hybridized carbons (Fsp3) is 1.00. The van der Waals surface area contributed by atoms with E-state index >= 15 is 0 Å². The predicted molar refractivity (Wildman–Crippen MR) is 89.9 cm³/mol. The Hall–Kier alpha value is -0.170. The molecule has 0 amide bonds. The lowest BCUT2D eigenvalue weighted by molar-refractivity contribution is -0.0693. The lowest BCUT2D eigenvalue weighted by Gasteiger charge is -2.37. The SMILES string of the molecule is C[C@@H]1CN(CCC2CCN(CCS(C)(=O)=O)CC2)C[C@H](C)O1. The molecule has 2 fully saturated rings. The van der Waals surface area contributed by atoms with E-state index in [2.05, 4.69) is 23.6 Å². The normalized spacial score (nSPS) is 29.8. The molecule has 2 rings (SSSR count). The molecular formula is C16H32N2O3S. The number of ether oxygens (including phenoxy) is 1. The van der Waals surface area contributed by atoms with Crippen LogP contribution in [0.2, 0.25) is 0 Å². The first-order chi connectivity index (χ1) is 10.3. The number of rotatable bonds is 6. The largest absolute Gasteiger partial charge is 0.373 e. The van der Waals surface area contributed by atoms with Crippen molar-refractivity contribution in [1.29, 1.82) is 0 Å². The van der Waals surface area contributed by atoms with E-state index in [4.69, 9.17) is 4.74 Å². The summed E-state index contributed by atoms with van der Waals surface area (Å²) in [6.07, 6.45) is 5.70. The van der Waals surface area contributed by atoms with Crippen molar-refractivity contribution in [3.05, 3.63) is 0 Å². The number of piperidine rings is 1. The molecule has 5 nitrogen and oxygen atoms in total. The van der Waals surface area contributed by atoms with Crippen LogP contribution in [0, 0.1) is 5.92 Å². The van der Waals surface area contributed by atoms with Gasteiger partial charge in [-0.25, -0.2) is 8.42 Å². The minimum absolute atomic E-state index is 0.293. The van der Waals surface area contributed by atoms with Crippen LogP contribution in [-0.4, -0.2) is 81.7 Å². The highest BCUT2D eigenvalue weighted by Crippen LogP contribution is 2.21. The fourth-order valence-electron chi connectivity index (χ4n) is 3.63. The van der Waals surface area contributed by atoms with E-state index in [1.807, 2.05) is 0 Å². The summed E-state index contributed by atoms with van der Waals surface area (Å²) in [4.78, 5) is 4.84. The van der Waals surface area contributed by atoms with Crippen LogP contribution in [0.4, 0.5) is 0 Å². The molecule has 2 atom stereocenters. The highest BCUT2D eigenvalue weighted by atomic mass is 32.2. The molecule has 2 aliphatic rings. The van der Waals surface area contributed by atoms with Gasteiger partial charge in [0.2, 0.25) is 0 Å². The first-order valence-corrected chi connectivity index (χ1v) is 10.7. The predicted octanol–water partition coefficient (Wildman–Crippen LogP) is 1.24. The van der Waals surface area contributed by atoms with Gasteiger partial charge in [-0.05, 0) is 58.7 Å². The molecule has 22 heavy (non-hydrogen) atoms. The molecule has 0 aromatic heterocycles. The Bertz CT molecular complexity index is 423. The summed E-state index contributed by atoms with van der Waals surface area (Å²) >= 11 is 0. The van der Waals surface area contributed by atoms with Crippen molar-refractivity contribution in [2.45, 2.75) is 45.3 Å². The maximum Gasteiger partial charge on any atom is 0.148 e. The molecule has 0 aliphatic carbocycles. The summed E-state index contributed by atoms with van der Waals surface area (Å²) in [6.45, 7) is 10.4. The van der Waals surface area contributed by atoms with Crippen molar-refractivity contribution < 1.29 is 13.2 Å². The van der Waals surface area contributed by atoms with Crippen molar-refractivity contribution in [2.75, 3.05) is 51.3 Å². The molecule has 0 unspecified atom stereocenters. The number of hydrogen-bond donors (Lipinski definition) is 0. The summed E-state index contributed by atoms with van der Waals surface area (Å²) < 4.78 is 28.2. The van der Waals surface area contributed by atoms with E-state index in [1.165, 1.54) is 32.1 Å². The monoisotopic (exact) mass is 332 g/mol. The molecular weight excluding hydrogens is 300 g/mol. The van der Waals surface area contributed by atoms with Crippen molar-refractivity contribution >= 4 is 9.84 Å². The van der Waals surface area contributed by atoms with Crippen LogP contribution in [0.15, 0.2) is 0 Å². The molecule has 2 aliphatic heterocycles. The second-order valence-electron chi connectivity index (χ2n) is 7.22. The van der Waals surface area contributed by atoms with Crippen molar-refractivity contribution in [1.82, 2.24) is 9.80 Å². The Balaban J connectivity index is 1.63. The zero-order valence-electron chi connectivity index (χ0n) is 14.3. The van der Waals surface area contributed by atoms with E-state index in [0.29, 0.717) is 24.5 Å². The van der Waals surface area contributed by atoms with Gasteiger partial charge in [0, 0.05) is 25.9 Å². The fourth-order valence-corrected chi connectivity index (χ4v) is 4.22. The molecule has 0 radical (unpaired) electrons. The highest BCUT2D eigenvalue weighted by molar-refractivity contribution is 7.90. The average Bonchev–Trinajstić information content (AvgIpc) is 2.42. The van der Waals surface area contributed by atoms with Crippen LogP contribution in [0.1, 0.15) is 33.1 Å². The van der Waals surface area contributed by atoms with Gasteiger partial charge in [0.05, 0.1) is 18.0 Å². The third-order valence-corrected chi connectivity index (χ3v) is 5.76. The first-order valence-electron chi connectivity index (χ1n) is 8.59.